The van der Waals surface area contributed by atoms with E-state index in [2.05, 4.69) is 15.3 Å². The fourth-order valence-corrected chi connectivity index (χ4v) is 3.38. The highest BCUT2D eigenvalue weighted by atomic mass is 19.1. The predicted molar refractivity (Wildman–Crippen MR) is 112 cm³/mol. The normalized spacial score (nSPS) is 11.9. The van der Waals surface area contributed by atoms with Gasteiger partial charge in [-0.2, -0.15) is 0 Å². The second-order valence-corrected chi connectivity index (χ2v) is 6.98. The predicted octanol–water partition coefficient (Wildman–Crippen LogP) is 4.80. The van der Waals surface area contributed by atoms with Gasteiger partial charge in [-0.15, -0.1) is 0 Å². The number of nitrogens with one attached hydrogen (secondary N) is 1. The highest BCUT2D eigenvalue weighted by Gasteiger charge is 2.16. The Morgan fingerprint density at radius 1 is 1.03 bits per heavy atom. The van der Waals surface area contributed by atoms with Crippen molar-refractivity contribution in [3.8, 4) is 11.3 Å². The number of hydrogen-bond donors (Lipinski definition) is 1. The van der Waals surface area contributed by atoms with Gasteiger partial charge in [0, 0.05) is 29.4 Å². The molecule has 0 spiro atoms. The highest BCUT2D eigenvalue weighted by Crippen LogP contribution is 2.24. The Kier molecular flexibility index (Phi) is 5.29. The van der Waals surface area contributed by atoms with Crippen molar-refractivity contribution >= 4 is 16.8 Å². The molecule has 4 nitrogen and oxygen atoms in total. The molecular formula is C24H20FN3O. The Balaban J connectivity index is 1.65. The molecule has 0 aliphatic heterocycles. The smallest absolute Gasteiger partial charge is 0.252 e. The van der Waals surface area contributed by atoms with E-state index in [1.54, 1.807) is 36.7 Å². The number of hydrogen-bond acceptors (Lipinski definition) is 3. The van der Waals surface area contributed by atoms with E-state index in [9.17, 15) is 9.18 Å². The van der Waals surface area contributed by atoms with Crippen LogP contribution < -0.4 is 5.32 Å². The first-order chi connectivity index (χ1) is 14.1. The molecule has 2 aromatic heterocycles. The maximum Gasteiger partial charge on any atom is 0.252 e. The number of halogens is 1. The molecule has 1 unspecified atom stereocenters. The Bertz CT molecular complexity index is 1160. The number of benzene rings is 2. The fraction of sp³-hybridized carbons (Fsp3) is 0.125. The molecule has 1 amide bonds. The Hall–Kier alpha value is -3.60. The van der Waals surface area contributed by atoms with Crippen molar-refractivity contribution in [2.24, 2.45) is 0 Å². The van der Waals surface area contributed by atoms with E-state index in [0.29, 0.717) is 23.2 Å². The number of carbonyl (C=O) groups is 1. The van der Waals surface area contributed by atoms with Crippen molar-refractivity contribution in [1.29, 1.82) is 0 Å². The van der Waals surface area contributed by atoms with Gasteiger partial charge in [-0.25, -0.2) is 9.37 Å². The molecule has 4 aromatic rings. The van der Waals surface area contributed by atoms with E-state index < -0.39 is 0 Å². The molecule has 0 fully saturated rings. The summed E-state index contributed by atoms with van der Waals surface area (Å²) in [7, 11) is 0. The van der Waals surface area contributed by atoms with Gasteiger partial charge >= 0.3 is 0 Å². The van der Waals surface area contributed by atoms with Gasteiger partial charge in [0.25, 0.3) is 5.91 Å². The van der Waals surface area contributed by atoms with Crippen LogP contribution in [0.25, 0.3) is 22.2 Å². The van der Waals surface area contributed by atoms with Crippen molar-refractivity contribution in [3.05, 3.63) is 96.1 Å². The number of nitrogens with zero attached hydrogens (tertiary/aromatic N) is 2. The number of fused-ring (bicyclic) bond motifs is 1. The van der Waals surface area contributed by atoms with Gasteiger partial charge in [-0.1, -0.05) is 36.4 Å². The third-order valence-corrected chi connectivity index (χ3v) is 4.80. The summed E-state index contributed by atoms with van der Waals surface area (Å²) in [6.07, 6.45) is 3.81. The standard InChI is InChI=1S/C24H20FN3O/c1-16(14-18-6-2-4-8-21(18)25)27-24(29)20-15-23(17-10-12-26-13-11-17)28-22-9-5-3-7-19(20)22/h2-13,15-16H,14H2,1H3,(H,27,29). The first-order valence-electron chi connectivity index (χ1n) is 9.46. The number of aromatic nitrogens is 2. The Morgan fingerprint density at radius 2 is 1.76 bits per heavy atom. The molecule has 5 heteroatoms. The first-order valence-corrected chi connectivity index (χ1v) is 9.46. The minimum Gasteiger partial charge on any atom is -0.349 e. The van der Waals surface area contributed by atoms with E-state index in [-0.39, 0.29) is 17.8 Å². The Labute approximate surface area is 168 Å². The summed E-state index contributed by atoms with van der Waals surface area (Å²) in [5, 5.41) is 3.78. The summed E-state index contributed by atoms with van der Waals surface area (Å²) in [4.78, 5) is 21.8. The van der Waals surface area contributed by atoms with Gasteiger partial charge in [0.2, 0.25) is 0 Å². The second kappa shape index (κ2) is 8.19. The minimum atomic E-state index is -0.261. The van der Waals surface area contributed by atoms with Crippen molar-refractivity contribution < 1.29 is 9.18 Å². The van der Waals surface area contributed by atoms with Gasteiger partial charge in [-0.05, 0) is 49.2 Å². The molecular weight excluding hydrogens is 365 g/mol. The van der Waals surface area contributed by atoms with Crippen LogP contribution in [0.3, 0.4) is 0 Å². The van der Waals surface area contributed by atoms with E-state index in [1.165, 1.54) is 6.07 Å². The van der Waals surface area contributed by atoms with Crippen LogP contribution in [-0.4, -0.2) is 21.9 Å². The first kappa shape index (κ1) is 18.7. The molecule has 2 heterocycles. The van der Waals surface area contributed by atoms with Crippen LogP contribution >= 0.6 is 0 Å². The van der Waals surface area contributed by atoms with Gasteiger partial charge in [0.1, 0.15) is 5.82 Å². The molecule has 2 aromatic carbocycles. The Morgan fingerprint density at radius 3 is 2.55 bits per heavy atom. The zero-order valence-electron chi connectivity index (χ0n) is 16.0. The molecule has 1 atom stereocenters. The maximum absolute atomic E-state index is 13.9. The van der Waals surface area contributed by atoms with Crippen molar-refractivity contribution in [2.45, 2.75) is 19.4 Å². The number of para-hydroxylation sites is 1. The topological polar surface area (TPSA) is 54.9 Å². The van der Waals surface area contributed by atoms with Crippen LogP contribution in [0.15, 0.2) is 79.1 Å². The molecule has 144 valence electrons. The average molecular weight is 385 g/mol. The summed E-state index contributed by atoms with van der Waals surface area (Å²) in [6, 6.07) is 19.5. The molecule has 0 bridgehead atoms. The minimum absolute atomic E-state index is 0.206. The quantitative estimate of drug-likeness (QED) is 0.537. The maximum atomic E-state index is 13.9. The zero-order chi connectivity index (χ0) is 20.2. The molecule has 0 radical (unpaired) electrons. The molecule has 0 saturated carbocycles. The lowest BCUT2D eigenvalue weighted by Gasteiger charge is -2.16. The largest absolute Gasteiger partial charge is 0.349 e. The lowest BCUT2D eigenvalue weighted by molar-refractivity contribution is 0.0941. The van der Waals surface area contributed by atoms with E-state index in [1.807, 2.05) is 43.3 Å². The van der Waals surface area contributed by atoms with Crippen LogP contribution in [0, 0.1) is 5.82 Å². The fourth-order valence-electron chi connectivity index (χ4n) is 3.38. The van der Waals surface area contributed by atoms with E-state index >= 15 is 0 Å². The molecule has 0 aliphatic carbocycles. The lowest BCUT2D eigenvalue weighted by Crippen LogP contribution is -2.34. The summed E-state index contributed by atoms with van der Waals surface area (Å²) in [5.74, 6) is -0.467. The third kappa shape index (κ3) is 4.14. The summed E-state index contributed by atoms with van der Waals surface area (Å²) >= 11 is 0. The third-order valence-electron chi connectivity index (χ3n) is 4.80. The SMILES string of the molecule is CC(Cc1ccccc1F)NC(=O)c1cc(-c2ccncc2)nc2ccccc12. The van der Waals surface area contributed by atoms with Crippen molar-refractivity contribution in [1.82, 2.24) is 15.3 Å². The van der Waals surface area contributed by atoms with E-state index in [0.717, 1.165) is 16.5 Å². The molecule has 0 saturated heterocycles. The molecule has 29 heavy (non-hydrogen) atoms. The van der Waals surface area contributed by atoms with E-state index in [4.69, 9.17) is 0 Å². The zero-order valence-corrected chi connectivity index (χ0v) is 16.0. The monoisotopic (exact) mass is 385 g/mol. The number of carbonyl (C=O) groups excluding carboxylic acids is 1. The van der Waals surface area contributed by atoms with Gasteiger partial charge in [0.05, 0.1) is 16.8 Å². The molecule has 4 rings (SSSR count). The van der Waals surface area contributed by atoms with Crippen molar-refractivity contribution in [2.75, 3.05) is 0 Å². The number of amides is 1. The number of pyridine rings is 2. The highest BCUT2D eigenvalue weighted by molar-refractivity contribution is 6.07. The van der Waals surface area contributed by atoms with Crippen LogP contribution in [0.4, 0.5) is 4.39 Å². The lowest BCUT2D eigenvalue weighted by atomic mass is 10.0. The van der Waals surface area contributed by atoms with Gasteiger partial charge in [0.15, 0.2) is 0 Å². The summed E-state index contributed by atoms with van der Waals surface area (Å²) in [6.45, 7) is 1.87. The molecule has 0 aliphatic rings. The van der Waals surface area contributed by atoms with Crippen LogP contribution in [-0.2, 0) is 6.42 Å². The average Bonchev–Trinajstić information content (AvgIpc) is 2.75. The second-order valence-electron chi connectivity index (χ2n) is 6.98. The van der Waals surface area contributed by atoms with Crippen molar-refractivity contribution in [3.63, 3.8) is 0 Å². The van der Waals surface area contributed by atoms with Crippen LogP contribution in [0.1, 0.15) is 22.8 Å². The van der Waals surface area contributed by atoms with Crippen LogP contribution in [0.2, 0.25) is 0 Å². The summed E-state index contributed by atoms with van der Waals surface area (Å²) < 4.78 is 13.9. The van der Waals surface area contributed by atoms with Gasteiger partial charge < -0.3 is 5.32 Å². The van der Waals surface area contributed by atoms with Gasteiger partial charge in [-0.3, -0.25) is 9.78 Å². The number of rotatable bonds is 5. The van der Waals surface area contributed by atoms with Crippen LogP contribution in [0.5, 0.6) is 0 Å². The molecule has 1 N–H and O–H groups in total. The summed E-state index contributed by atoms with van der Waals surface area (Å²) in [5.41, 5.74) is 3.46.